The van der Waals surface area contributed by atoms with Crippen LogP contribution < -0.4 is 9.47 Å². The molecule has 2 heteroatoms. The molecule has 164 valence electrons. The Hall–Kier alpha value is -3.52. The van der Waals surface area contributed by atoms with Crippen molar-refractivity contribution in [3.63, 3.8) is 0 Å². The zero-order valence-electron chi connectivity index (χ0n) is 19.1. The van der Waals surface area contributed by atoms with E-state index in [1.807, 2.05) is 0 Å². The second kappa shape index (κ2) is 7.81. The Morgan fingerprint density at radius 2 is 1.33 bits per heavy atom. The van der Waals surface area contributed by atoms with E-state index in [0.717, 1.165) is 24.3 Å². The molecule has 3 atom stereocenters. The molecule has 2 nitrogen and oxygen atoms in total. The highest BCUT2D eigenvalue weighted by molar-refractivity contribution is 5.67. The number of hydrogen-bond donors (Lipinski definition) is 0. The van der Waals surface area contributed by atoms with Crippen LogP contribution in [0.25, 0.3) is 0 Å². The van der Waals surface area contributed by atoms with Crippen LogP contribution >= 0.6 is 0 Å². The van der Waals surface area contributed by atoms with Crippen molar-refractivity contribution in [1.82, 2.24) is 0 Å². The Bertz CT molecular complexity index is 1300. The Balaban J connectivity index is 1.75. The number of rotatable bonds is 4. The lowest BCUT2D eigenvalue weighted by molar-refractivity contribution is 0.327. The fourth-order valence-corrected chi connectivity index (χ4v) is 6.62. The van der Waals surface area contributed by atoms with Gasteiger partial charge in [-0.2, -0.15) is 0 Å². The maximum Gasteiger partial charge on any atom is 0.161 e. The maximum atomic E-state index is 5.83. The van der Waals surface area contributed by atoms with Crippen molar-refractivity contribution in [3.8, 4) is 11.5 Å². The molecule has 0 bridgehead atoms. The molecule has 0 fully saturated rings. The summed E-state index contributed by atoms with van der Waals surface area (Å²) in [4.78, 5) is 0. The SMILES string of the molecule is COc1cc2c(cc1OC)[C@@]1(c3ccccc3)c3ccccc3CC[C@H]1[C@@H]2c1ccccc1. The molecule has 0 radical (unpaired) electrons. The average molecular weight is 433 g/mol. The monoisotopic (exact) mass is 432 g/mol. The minimum atomic E-state index is -0.231. The molecular weight excluding hydrogens is 404 g/mol. The zero-order valence-corrected chi connectivity index (χ0v) is 19.1. The predicted octanol–water partition coefficient (Wildman–Crippen LogP) is 6.75. The van der Waals surface area contributed by atoms with E-state index < -0.39 is 0 Å². The molecule has 4 aromatic rings. The number of ether oxygens (including phenoxy) is 2. The summed E-state index contributed by atoms with van der Waals surface area (Å²) in [6, 6.07) is 35.6. The predicted molar refractivity (Wildman–Crippen MR) is 132 cm³/mol. The van der Waals surface area contributed by atoms with Gasteiger partial charge in [0, 0.05) is 11.3 Å². The average Bonchev–Trinajstić information content (AvgIpc) is 3.19. The largest absolute Gasteiger partial charge is 0.493 e. The Morgan fingerprint density at radius 1 is 0.697 bits per heavy atom. The molecule has 0 aliphatic heterocycles. The van der Waals surface area contributed by atoms with Crippen molar-refractivity contribution in [2.75, 3.05) is 14.2 Å². The van der Waals surface area contributed by atoms with Gasteiger partial charge in [0.1, 0.15) is 0 Å². The highest BCUT2D eigenvalue weighted by Crippen LogP contribution is 2.64. The second-order valence-corrected chi connectivity index (χ2v) is 9.16. The maximum absolute atomic E-state index is 5.83. The first-order valence-electron chi connectivity index (χ1n) is 11.7. The van der Waals surface area contributed by atoms with Crippen molar-refractivity contribution in [1.29, 1.82) is 0 Å². The van der Waals surface area contributed by atoms with Crippen LogP contribution in [-0.4, -0.2) is 14.2 Å². The minimum Gasteiger partial charge on any atom is -0.493 e. The number of benzene rings is 4. The summed E-state index contributed by atoms with van der Waals surface area (Å²) in [6.07, 6.45) is 2.23. The van der Waals surface area contributed by atoms with E-state index in [1.54, 1.807) is 14.2 Å². The first-order chi connectivity index (χ1) is 16.3. The molecule has 0 amide bonds. The molecule has 0 unspecified atom stereocenters. The van der Waals surface area contributed by atoms with E-state index in [-0.39, 0.29) is 11.3 Å². The van der Waals surface area contributed by atoms with Crippen molar-refractivity contribution in [2.45, 2.75) is 24.2 Å². The standard InChI is InChI=1S/C31H28O2/c1-32-28-19-24-27(20-29(28)33-2)31(23-14-7-4-8-15-23)25-16-10-9-11-21(25)17-18-26(31)30(24)22-12-5-3-6-13-22/h3-16,19-20,26,30H,17-18H2,1-2H3/t26-,30+,31-/m0/s1. The van der Waals surface area contributed by atoms with Crippen LogP contribution in [0.4, 0.5) is 0 Å². The number of hydrogen-bond acceptors (Lipinski definition) is 2. The van der Waals surface area contributed by atoms with Gasteiger partial charge in [-0.15, -0.1) is 0 Å². The van der Waals surface area contributed by atoms with Gasteiger partial charge in [0.25, 0.3) is 0 Å². The van der Waals surface area contributed by atoms with Gasteiger partial charge in [-0.1, -0.05) is 84.9 Å². The van der Waals surface area contributed by atoms with E-state index in [9.17, 15) is 0 Å². The summed E-state index contributed by atoms with van der Waals surface area (Å²) >= 11 is 0. The van der Waals surface area contributed by atoms with Crippen LogP contribution in [-0.2, 0) is 11.8 Å². The van der Waals surface area contributed by atoms with Gasteiger partial charge in [0.15, 0.2) is 11.5 Å². The Kier molecular flexibility index (Phi) is 4.76. The van der Waals surface area contributed by atoms with Crippen LogP contribution in [0.2, 0.25) is 0 Å². The first-order valence-corrected chi connectivity index (χ1v) is 11.7. The summed E-state index contributed by atoms with van der Waals surface area (Å²) in [5.74, 6) is 2.29. The van der Waals surface area contributed by atoms with Crippen LogP contribution in [0.3, 0.4) is 0 Å². The smallest absolute Gasteiger partial charge is 0.161 e. The lowest BCUT2D eigenvalue weighted by atomic mass is 9.58. The molecule has 2 aliphatic rings. The number of fused-ring (bicyclic) bond motifs is 5. The molecule has 0 spiro atoms. The fraction of sp³-hybridized carbons (Fsp3) is 0.226. The lowest BCUT2D eigenvalue weighted by Gasteiger charge is -2.44. The van der Waals surface area contributed by atoms with Crippen molar-refractivity contribution in [3.05, 3.63) is 130 Å². The lowest BCUT2D eigenvalue weighted by Crippen LogP contribution is -2.40. The van der Waals surface area contributed by atoms with Gasteiger partial charge in [-0.3, -0.25) is 0 Å². The Morgan fingerprint density at radius 3 is 2.06 bits per heavy atom. The molecule has 33 heavy (non-hydrogen) atoms. The Labute approximate surface area is 195 Å². The highest BCUT2D eigenvalue weighted by atomic mass is 16.5. The molecular formula is C31H28O2. The van der Waals surface area contributed by atoms with Gasteiger partial charge in [0.05, 0.1) is 14.2 Å². The molecule has 0 heterocycles. The van der Waals surface area contributed by atoms with Crippen molar-refractivity contribution < 1.29 is 9.47 Å². The molecule has 0 saturated carbocycles. The van der Waals surface area contributed by atoms with E-state index in [1.165, 1.54) is 33.4 Å². The first kappa shape index (κ1) is 20.1. The topological polar surface area (TPSA) is 18.5 Å². The van der Waals surface area contributed by atoms with E-state index in [2.05, 4.69) is 97.1 Å². The third-order valence-electron chi connectivity index (χ3n) is 7.83. The summed E-state index contributed by atoms with van der Waals surface area (Å²) in [6.45, 7) is 0. The zero-order chi connectivity index (χ0) is 22.4. The third kappa shape index (κ3) is 2.80. The normalized spacial score (nSPS) is 22.7. The molecule has 2 aliphatic carbocycles. The van der Waals surface area contributed by atoms with Crippen LogP contribution in [0, 0.1) is 5.92 Å². The third-order valence-corrected chi connectivity index (χ3v) is 7.83. The highest BCUT2D eigenvalue weighted by Gasteiger charge is 2.56. The van der Waals surface area contributed by atoms with Gasteiger partial charge in [0.2, 0.25) is 0 Å². The van der Waals surface area contributed by atoms with Crippen LogP contribution in [0.5, 0.6) is 11.5 Å². The van der Waals surface area contributed by atoms with Crippen molar-refractivity contribution >= 4 is 0 Å². The second-order valence-electron chi connectivity index (χ2n) is 9.16. The minimum absolute atomic E-state index is 0.231. The van der Waals surface area contributed by atoms with E-state index in [4.69, 9.17) is 9.47 Å². The molecule has 0 aromatic heterocycles. The number of methoxy groups -OCH3 is 2. The van der Waals surface area contributed by atoms with E-state index in [0.29, 0.717) is 5.92 Å². The van der Waals surface area contributed by atoms with Gasteiger partial charge >= 0.3 is 0 Å². The van der Waals surface area contributed by atoms with Gasteiger partial charge in [-0.25, -0.2) is 0 Å². The molecule has 4 aromatic carbocycles. The van der Waals surface area contributed by atoms with Gasteiger partial charge in [-0.05, 0) is 64.3 Å². The molecule has 0 N–H and O–H groups in total. The molecule has 0 saturated heterocycles. The number of aryl methyl sites for hydroxylation is 1. The quantitative estimate of drug-likeness (QED) is 0.355. The van der Waals surface area contributed by atoms with E-state index >= 15 is 0 Å². The summed E-state index contributed by atoms with van der Waals surface area (Å²) in [7, 11) is 3.46. The summed E-state index contributed by atoms with van der Waals surface area (Å²) in [5.41, 5.74) is 8.07. The summed E-state index contributed by atoms with van der Waals surface area (Å²) < 4.78 is 11.6. The summed E-state index contributed by atoms with van der Waals surface area (Å²) in [5, 5.41) is 0. The van der Waals surface area contributed by atoms with Crippen molar-refractivity contribution in [2.24, 2.45) is 5.92 Å². The molecule has 6 rings (SSSR count). The fourth-order valence-electron chi connectivity index (χ4n) is 6.62. The van der Waals surface area contributed by atoms with Gasteiger partial charge < -0.3 is 9.47 Å². The van der Waals surface area contributed by atoms with Crippen LogP contribution in [0.15, 0.2) is 97.1 Å². The van der Waals surface area contributed by atoms with Crippen LogP contribution in [0.1, 0.15) is 45.7 Å².